The number of anilines is 1. The van der Waals surface area contributed by atoms with Crippen LogP contribution in [-0.2, 0) is 11.0 Å². The molecular weight excluding hydrogens is 431 g/mol. The van der Waals surface area contributed by atoms with Crippen LogP contribution in [0.25, 0.3) is 11.7 Å². The molecule has 0 saturated carbocycles. The summed E-state index contributed by atoms with van der Waals surface area (Å²) in [4.78, 5) is 18.0. The van der Waals surface area contributed by atoms with Crippen molar-refractivity contribution >= 4 is 27.5 Å². The molecule has 0 aliphatic carbocycles. The number of benzene rings is 1. The molecule has 27 heavy (non-hydrogen) atoms. The smallest absolute Gasteiger partial charge is 0.416 e. The van der Waals surface area contributed by atoms with Gasteiger partial charge < -0.3 is 13.8 Å². The Balaban J connectivity index is 1.52. The van der Waals surface area contributed by atoms with E-state index in [0.29, 0.717) is 21.9 Å². The SMILES string of the molecule is O=C1CC(c2noc(-c3ccc(Br)o3)n2)CN1c1ccc(C(F)(F)F)cc1. The molecule has 1 fully saturated rings. The van der Waals surface area contributed by atoms with E-state index in [1.165, 1.54) is 17.0 Å². The molecule has 4 rings (SSSR count). The minimum Gasteiger partial charge on any atom is -0.444 e. The Bertz CT molecular complexity index is 981. The quantitative estimate of drug-likeness (QED) is 0.592. The number of carbonyl (C=O) groups excluding carboxylic acids is 1. The zero-order valence-corrected chi connectivity index (χ0v) is 15.1. The molecule has 2 aromatic heterocycles. The molecule has 0 bridgehead atoms. The van der Waals surface area contributed by atoms with Crippen LogP contribution in [0.3, 0.4) is 0 Å². The number of nitrogens with zero attached hydrogens (tertiary/aromatic N) is 3. The van der Waals surface area contributed by atoms with Crippen molar-refractivity contribution in [1.29, 1.82) is 0 Å². The van der Waals surface area contributed by atoms with E-state index in [1.54, 1.807) is 12.1 Å². The minimum atomic E-state index is -4.42. The van der Waals surface area contributed by atoms with Gasteiger partial charge in [-0.05, 0) is 52.3 Å². The number of alkyl halides is 3. The zero-order chi connectivity index (χ0) is 19.2. The Morgan fingerprint density at radius 2 is 1.89 bits per heavy atom. The first-order valence-electron chi connectivity index (χ1n) is 7.88. The molecule has 1 amide bonds. The topological polar surface area (TPSA) is 72.4 Å². The summed E-state index contributed by atoms with van der Waals surface area (Å²) in [6.07, 6.45) is -4.28. The lowest BCUT2D eigenvalue weighted by Gasteiger charge is -2.17. The molecule has 1 atom stereocenters. The number of amides is 1. The molecule has 3 heterocycles. The summed E-state index contributed by atoms with van der Waals surface area (Å²) in [6.45, 7) is 0.255. The van der Waals surface area contributed by atoms with Crippen LogP contribution in [0.15, 0.2) is 50.0 Å². The number of furan rings is 1. The highest BCUT2D eigenvalue weighted by Gasteiger charge is 2.36. The van der Waals surface area contributed by atoms with Crippen LogP contribution in [0, 0.1) is 0 Å². The van der Waals surface area contributed by atoms with Crippen molar-refractivity contribution in [2.75, 3.05) is 11.4 Å². The third-order valence-corrected chi connectivity index (χ3v) is 4.65. The number of hydrogen-bond donors (Lipinski definition) is 0. The zero-order valence-electron chi connectivity index (χ0n) is 13.5. The summed E-state index contributed by atoms with van der Waals surface area (Å²) in [6, 6.07) is 7.82. The molecule has 1 aliphatic rings. The van der Waals surface area contributed by atoms with Gasteiger partial charge in [0.25, 0.3) is 5.89 Å². The summed E-state index contributed by atoms with van der Waals surface area (Å²) in [5.74, 6) is 0.392. The molecule has 140 valence electrons. The molecule has 1 aromatic carbocycles. The minimum absolute atomic E-state index is 0.141. The van der Waals surface area contributed by atoms with E-state index < -0.39 is 11.7 Å². The maximum Gasteiger partial charge on any atom is 0.416 e. The third kappa shape index (κ3) is 3.48. The highest BCUT2D eigenvalue weighted by atomic mass is 79.9. The van der Waals surface area contributed by atoms with Crippen LogP contribution < -0.4 is 4.90 Å². The Morgan fingerprint density at radius 3 is 2.52 bits per heavy atom. The van der Waals surface area contributed by atoms with Gasteiger partial charge in [-0.2, -0.15) is 18.2 Å². The standard InChI is InChI=1S/C17H11BrF3N3O3/c18-13-6-5-12(26-13)16-22-15(23-27-16)9-7-14(25)24(8-9)11-3-1-10(2-4-11)17(19,20)21/h1-6,9H,7-8H2. The molecule has 0 spiro atoms. The van der Waals surface area contributed by atoms with Crippen LogP contribution in [0.5, 0.6) is 0 Å². The fraction of sp³-hybridized carbons (Fsp3) is 0.235. The second-order valence-electron chi connectivity index (χ2n) is 6.01. The number of halogens is 4. The number of rotatable bonds is 3. The van der Waals surface area contributed by atoms with Gasteiger partial charge in [-0.3, -0.25) is 4.79 Å². The lowest BCUT2D eigenvalue weighted by molar-refractivity contribution is -0.137. The molecule has 3 aromatic rings. The van der Waals surface area contributed by atoms with Crippen molar-refractivity contribution in [2.24, 2.45) is 0 Å². The van der Waals surface area contributed by atoms with Gasteiger partial charge in [-0.1, -0.05) is 5.16 Å². The van der Waals surface area contributed by atoms with E-state index >= 15 is 0 Å². The lowest BCUT2D eigenvalue weighted by atomic mass is 10.1. The molecule has 1 aliphatic heterocycles. The Morgan fingerprint density at radius 1 is 1.15 bits per heavy atom. The van der Waals surface area contributed by atoms with Gasteiger partial charge in [0.05, 0.1) is 5.56 Å². The van der Waals surface area contributed by atoms with Gasteiger partial charge in [0.15, 0.2) is 16.3 Å². The number of aromatic nitrogens is 2. The van der Waals surface area contributed by atoms with Gasteiger partial charge in [-0.15, -0.1) is 0 Å². The second-order valence-corrected chi connectivity index (χ2v) is 6.79. The summed E-state index contributed by atoms with van der Waals surface area (Å²) >= 11 is 3.18. The molecule has 1 unspecified atom stereocenters. The fourth-order valence-electron chi connectivity index (χ4n) is 2.89. The number of carbonyl (C=O) groups is 1. The van der Waals surface area contributed by atoms with E-state index in [9.17, 15) is 18.0 Å². The average molecular weight is 442 g/mol. The van der Waals surface area contributed by atoms with Crippen molar-refractivity contribution in [2.45, 2.75) is 18.5 Å². The van der Waals surface area contributed by atoms with E-state index in [0.717, 1.165) is 12.1 Å². The normalized spacial score (nSPS) is 17.7. The fourth-order valence-corrected chi connectivity index (χ4v) is 3.20. The summed E-state index contributed by atoms with van der Waals surface area (Å²) in [5.41, 5.74) is -0.365. The highest BCUT2D eigenvalue weighted by molar-refractivity contribution is 9.10. The van der Waals surface area contributed by atoms with Crippen molar-refractivity contribution in [1.82, 2.24) is 10.1 Å². The molecule has 10 heteroatoms. The molecule has 0 radical (unpaired) electrons. The van der Waals surface area contributed by atoms with E-state index in [1.807, 2.05) is 0 Å². The lowest BCUT2D eigenvalue weighted by Crippen LogP contribution is -2.24. The first-order chi connectivity index (χ1) is 12.8. The predicted octanol–water partition coefficient (Wildman–Crippen LogP) is 4.63. The molecule has 0 N–H and O–H groups in total. The molecular formula is C17H11BrF3N3O3. The van der Waals surface area contributed by atoms with Crippen molar-refractivity contribution in [3.05, 3.63) is 52.5 Å². The van der Waals surface area contributed by atoms with E-state index in [-0.39, 0.29) is 30.7 Å². The van der Waals surface area contributed by atoms with Gasteiger partial charge in [0.1, 0.15) is 0 Å². The highest BCUT2D eigenvalue weighted by Crippen LogP contribution is 2.34. The van der Waals surface area contributed by atoms with Crippen molar-refractivity contribution < 1.29 is 26.9 Å². The summed E-state index contributed by atoms with van der Waals surface area (Å²) in [7, 11) is 0. The van der Waals surface area contributed by atoms with E-state index in [4.69, 9.17) is 8.94 Å². The largest absolute Gasteiger partial charge is 0.444 e. The maximum absolute atomic E-state index is 12.7. The average Bonchev–Trinajstić information content (AvgIpc) is 3.33. The number of hydrogen-bond acceptors (Lipinski definition) is 5. The second kappa shape index (κ2) is 6.52. The van der Waals surface area contributed by atoms with E-state index in [2.05, 4.69) is 26.1 Å². The van der Waals surface area contributed by atoms with Gasteiger partial charge in [0.2, 0.25) is 5.91 Å². The van der Waals surface area contributed by atoms with Gasteiger partial charge >= 0.3 is 6.18 Å². The summed E-state index contributed by atoms with van der Waals surface area (Å²) < 4.78 is 49.1. The first kappa shape index (κ1) is 17.8. The van der Waals surface area contributed by atoms with Gasteiger partial charge in [-0.25, -0.2) is 0 Å². The van der Waals surface area contributed by atoms with Crippen molar-refractivity contribution in [3.8, 4) is 11.7 Å². The van der Waals surface area contributed by atoms with Crippen LogP contribution in [0.1, 0.15) is 23.7 Å². The Kier molecular flexibility index (Phi) is 4.29. The van der Waals surface area contributed by atoms with Gasteiger partial charge in [0, 0.05) is 24.6 Å². The van der Waals surface area contributed by atoms with Crippen LogP contribution >= 0.6 is 15.9 Å². The monoisotopic (exact) mass is 441 g/mol. The summed E-state index contributed by atoms with van der Waals surface area (Å²) in [5, 5.41) is 3.90. The van der Waals surface area contributed by atoms with Crippen LogP contribution in [-0.4, -0.2) is 22.6 Å². The van der Waals surface area contributed by atoms with Crippen LogP contribution in [0.4, 0.5) is 18.9 Å². The van der Waals surface area contributed by atoms with Crippen LogP contribution in [0.2, 0.25) is 0 Å². The maximum atomic E-state index is 12.7. The molecule has 6 nitrogen and oxygen atoms in total. The van der Waals surface area contributed by atoms with Crippen molar-refractivity contribution in [3.63, 3.8) is 0 Å². The molecule has 1 saturated heterocycles. The Labute approximate surface area is 159 Å². The predicted molar refractivity (Wildman–Crippen MR) is 90.9 cm³/mol. The third-order valence-electron chi connectivity index (χ3n) is 4.22. The first-order valence-corrected chi connectivity index (χ1v) is 8.67. The Hall–Kier alpha value is -2.62.